The number of fused-ring (bicyclic) bond motifs is 1. The number of aryl methyl sites for hydroxylation is 1. The molecule has 2 aromatic heterocycles. The number of benzene rings is 2. The summed E-state index contributed by atoms with van der Waals surface area (Å²) in [7, 11) is 3.38. The number of anilines is 1. The maximum Gasteiger partial charge on any atom is 0.264 e. The molecule has 0 saturated carbocycles. The molecule has 0 fully saturated rings. The second-order valence-electron chi connectivity index (χ2n) is 6.15. The van der Waals surface area contributed by atoms with Gasteiger partial charge < -0.3 is 9.67 Å². The van der Waals surface area contributed by atoms with Gasteiger partial charge in [-0.25, -0.2) is 0 Å². The first-order valence-corrected chi connectivity index (χ1v) is 8.50. The van der Waals surface area contributed by atoms with Gasteiger partial charge in [-0.15, -0.1) is 10.2 Å². The van der Waals surface area contributed by atoms with E-state index in [0.717, 1.165) is 5.69 Å². The Morgan fingerprint density at radius 1 is 1.14 bits per heavy atom. The number of para-hydroxylation sites is 2. The predicted molar refractivity (Wildman–Crippen MR) is 106 cm³/mol. The highest BCUT2D eigenvalue weighted by Crippen LogP contribution is 2.27. The Bertz CT molecular complexity index is 1210. The van der Waals surface area contributed by atoms with Crippen LogP contribution in [0.2, 0.25) is 0 Å². The molecule has 0 amide bonds. The lowest BCUT2D eigenvalue weighted by molar-refractivity contribution is 0.478. The molecule has 140 valence electrons. The second-order valence-corrected chi connectivity index (χ2v) is 6.15. The number of rotatable bonds is 4. The zero-order chi connectivity index (χ0) is 19.7. The van der Waals surface area contributed by atoms with Gasteiger partial charge in [-0.2, -0.15) is 10.3 Å². The molecule has 2 N–H and O–H groups in total. The number of nitrogens with one attached hydrogen (secondary N) is 1. The summed E-state index contributed by atoms with van der Waals surface area (Å²) in [6.45, 7) is 0. The van der Waals surface area contributed by atoms with Crippen molar-refractivity contribution < 1.29 is 5.11 Å². The van der Waals surface area contributed by atoms with E-state index >= 15 is 0 Å². The van der Waals surface area contributed by atoms with E-state index in [4.69, 9.17) is 0 Å². The van der Waals surface area contributed by atoms with Crippen LogP contribution in [0.25, 0.3) is 10.9 Å². The standard InChI is InChI=1S/C19H17N7O2/c1-25-14-11-7-6-10-13(14)17(27)15(19(25)28)16(18-20-23-24-21-18)22-26(2)12-8-4-3-5-9-12/h3-11,27H,1-2H3,(H,20,21,23,24)/b22-16+. The van der Waals surface area contributed by atoms with E-state index in [-0.39, 0.29) is 22.8 Å². The third-order valence-corrected chi connectivity index (χ3v) is 4.45. The molecular weight excluding hydrogens is 358 g/mol. The largest absolute Gasteiger partial charge is 0.506 e. The van der Waals surface area contributed by atoms with Crippen LogP contribution in [-0.4, -0.2) is 43.1 Å². The molecule has 4 aromatic rings. The summed E-state index contributed by atoms with van der Waals surface area (Å²) in [6, 6.07) is 16.5. The van der Waals surface area contributed by atoms with Gasteiger partial charge >= 0.3 is 0 Å². The highest BCUT2D eigenvalue weighted by atomic mass is 16.3. The van der Waals surface area contributed by atoms with Gasteiger partial charge in [0.25, 0.3) is 5.56 Å². The van der Waals surface area contributed by atoms with Crippen LogP contribution in [-0.2, 0) is 7.05 Å². The Labute approximate surface area is 159 Å². The molecule has 0 radical (unpaired) electrons. The van der Waals surface area contributed by atoms with E-state index in [1.54, 1.807) is 43.4 Å². The van der Waals surface area contributed by atoms with Crippen LogP contribution in [0.5, 0.6) is 5.75 Å². The first kappa shape index (κ1) is 17.4. The summed E-state index contributed by atoms with van der Waals surface area (Å²) in [5.74, 6) is -0.0748. The third-order valence-electron chi connectivity index (χ3n) is 4.45. The van der Waals surface area contributed by atoms with E-state index in [9.17, 15) is 9.90 Å². The van der Waals surface area contributed by atoms with Crippen LogP contribution >= 0.6 is 0 Å². The van der Waals surface area contributed by atoms with Gasteiger partial charge in [-0.05, 0) is 29.5 Å². The van der Waals surface area contributed by atoms with Gasteiger partial charge in [-0.3, -0.25) is 9.80 Å². The van der Waals surface area contributed by atoms with E-state index in [1.807, 2.05) is 30.3 Å². The number of H-pyrrole nitrogens is 1. The van der Waals surface area contributed by atoms with Crippen molar-refractivity contribution in [2.24, 2.45) is 12.1 Å². The van der Waals surface area contributed by atoms with Crippen molar-refractivity contribution in [3.63, 3.8) is 0 Å². The maximum atomic E-state index is 13.1. The van der Waals surface area contributed by atoms with Gasteiger partial charge in [-0.1, -0.05) is 30.3 Å². The zero-order valence-electron chi connectivity index (χ0n) is 15.2. The lowest BCUT2D eigenvalue weighted by Gasteiger charge is -2.16. The first-order valence-electron chi connectivity index (χ1n) is 8.50. The smallest absolute Gasteiger partial charge is 0.264 e. The Morgan fingerprint density at radius 2 is 1.86 bits per heavy atom. The fourth-order valence-corrected chi connectivity index (χ4v) is 3.01. The Balaban J connectivity index is 1.99. The molecule has 0 atom stereocenters. The molecule has 28 heavy (non-hydrogen) atoms. The van der Waals surface area contributed by atoms with Gasteiger partial charge in [0.2, 0.25) is 5.82 Å². The second kappa shape index (κ2) is 6.95. The molecule has 0 aliphatic heterocycles. The minimum atomic E-state index is -0.416. The lowest BCUT2D eigenvalue weighted by Crippen LogP contribution is -2.28. The number of aromatic hydroxyl groups is 1. The molecule has 9 heteroatoms. The van der Waals surface area contributed by atoms with Gasteiger partial charge in [0, 0.05) is 19.5 Å². The van der Waals surface area contributed by atoms with Crippen molar-refractivity contribution in [3.8, 4) is 5.75 Å². The monoisotopic (exact) mass is 375 g/mol. The van der Waals surface area contributed by atoms with Crippen LogP contribution in [0.1, 0.15) is 11.4 Å². The van der Waals surface area contributed by atoms with Crippen molar-refractivity contribution in [2.45, 2.75) is 0 Å². The summed E-state index contributed by atoms with van der Waals surface area (Å²) in [5.41, 5.74) is 1.11. The number of aromatic amines is 1. The predicted octanol–water partition coefficient (Wildman–Crippen LogP) is 1.65. The molecule has 0 unspecified atom stereocenters. The summed E-state index contributed by atoms with van der Waals surface area (Å²) >= 11 is 0. The average Bonchev–Trinajstić information content (AvgIpc) is 3.26. The Hall–Kier alpha value is -4.01. The molecule has 0 bridgehead atoms. The van der Waals surface area contributed by atoms with Gasteiger partial charge in [0.05, 0.1) is 11.2 Å². The van der Waals surface area contributed by atoms with Crippen LogP contribution < -0.4 is 10.6 Å². The molecule has 0 aliphatic carbocycles. The molecule has 0 spiro atoms. The fraction of sp³-hybridized carbons (Fsp3) is 0.105. The van der Waals surface area contributed by atoms with Crippen molar-refractivity contribution in [3.05, 3.63) is 76.3 Å². The van der Waals surface area contributed by atoms with Crippen molar-refractivity contribution in [1.82, 2.24) is 25.2 Å². The molecule has 9 nitrogen and oxygen atoms in total. The van der Waals surface area contributed by atoms with Crippen LogP contribution in [0.15, 0.2) is 64.5 Å². The number of hydrogen-bond acceptors (Lipinski definition) is 7. The molecular formula is C19H17N7O2. The van der Waals surface area contributed by atoms with Crippen molar-refractivity contribution >= 4 is 22.3 Å². The molecule has 0 saturated heterocycles. The van der Waals surface area contributed by atoms with Crippen LogP contribution in [0.4, 0.5) is 5.69 Å². The van der Waals surface area contributed by atoms with Crippen molar-refractivity contribution in [2.75, 3.05) is 12.1 Å². The van der Waals surface area contributed by atoms with Crippen LogP contribution in [0, 0.1) is 0 Å². The summed E-state index contributed by atoms with van der Waals surface area (Å²) < 4.78 is 1.46. The lowest BCUT2D eigenvalue weighted by atomic mass is 10.1. The van der Waals surface area contributed by atoms with E-state index < -0.39 is 5.56 Å². The molecule has 4 rings (SSSR count). The molecule has 2 aromatic carbocycles. The average molecular weight is 375 g/mol. The van der Waals surface area contributed by atoms with E-state index in [0.29, 0.717) is 10.9 Å². The quantitative estimate of drug-likeness (QED) is 0.414. The summed E-state index contributed by atoms with van der Waals surface area (Å²) in [5, 5.41) is 31.4. The topological polar surface area (TPSA) is 112 Å². The third kappa shape index (κ3) is 2.88. The van der Waals surface area contributed by atoms with Crippen LogP contribution in [0.3, 0.4) is 0 Å². The normalized spacial score (nSPS) is 11.7. The first-order chi connectivity index (χ1) is 13.6. The summed E-state index contributed by atoms with van der Waals surface area (Å²) in [4.78, 5) is 13.1. The number of tetrazole rings is 1. The maximum absolute atomic E-state index is 13.1. The number of hydrogen-bond donors (Lipinski definition) is 2. The number of pyridine rings is 1. The molecule has 2 heterocycles. The fourth-order valence-electron chi connectivity index (χ4n) is 3.01. The molecule has 0 aliphatic rings. The van der Waals surface area contributed by atoms with E-state index in [1.165, 1.54) is 4.57 Å². The number of nitrogens with zero attached hydrogens (tertiary/aromatic N) is 6. The zero-order valence-corrected chi connectivity index (χ0v) is 15.2. The van der Waals surface area contributed by atoms with Gasteiger partial charge in [0.1, 0.15) is 17.0 Å². The highest BCUT2D eigenvalue weighted by molar-refractivity contribution is 6.14. The minimum Gasteiger partial charge on any atom is -0.506 e. The Morgan fingerprint density at radius 3 is 2.57 bits per heavy atom. The highest BCUT2D eigenvalue weighted by Gasteiger charge is 2.24. The SMILES string of the molecule is CN(/N=C(/c1nn[nH]n1)c1c(O)c2ccccc2n(C)c1=O)c1ccccc1. The Kier molecular flexibility index (Phi) is 4.32. The van der Waals surface area contributed by atoms with Gasteiger partial charge in [0.15, 0.2) is 0 Å². The number of hydrazone groups is 1. The minimum absolute atomic E-state index is 0.00498. The summed E-state index contributed by atoms with van der Waals surface area (Å²) in [6.07, 6.45) is 0. The number of aromatic nitrogens is 5. The van der Waals surface area contributed by atoms with E-state index in [2.05, 4.69) is 25.7 Å². The van der Waals surface area contributed by atoms with Crippen molar-refractivity contribution in [1.29, 1.82) is 0 Å².